The van der Waals surface area contributed by atoms with Gasteiger partial charge in [-0.05, 0) is 111 Å². The highest BCUT2D eigenvalue weighted by Crippen LogP contribution is 2.76. The number of allylic oxidation sites excluding steroid dienone is 2. The summed E-state index contributed by atoms with van der Waals surface area (Å²) in [7, 11) is 0. The van der Waals surface area contributed by atoms with Crippen molar-refractivity contribution in [1.82, 2.24) is 0 Å². The second-order valence-corrected chi connectivity index (χ2v) is 34.2. The van der Waals surface area contributed by atoms with Gasteiger partial charge in [-0.2, -0.15) is 0 Å². The summed E-state index contributed by atoms with van der Waals surface area (Å²) < 4.78 is 89.9. The summed E-state index contributed by atoms with van der Waals surface area (Å²) >= 11 is 0. The fourth-order valence-corrected chi connectivity index (χ4v) is 20.6. The van der Waals surface area contributed by atoms with Gasteiger partial charge in [0.25, 0.3) is 0 Å². The molecule has 12 rings (SSSR count). The van der Waals surface area contributed by atoms with Gasteiger partial charge < -0.3 is 173 Å². The van der Waals surface area contributed by atoms with Crippen molar-refractivity contribution in [3.8, 4) is 0 Å². The average molecular weight is 1590 g/mol. The van der Waals surface area contributed by atoms with E-state index in [2.05, 4.69) is 26.8 Å². The number of aldehydes is 1. The standard InChI is InChI=1S/C72H112O38/c1-25-51(104-59-44(86)38(80)30(77)22-96-59)42(84)47(89)61(98-25)105-52-26(2)99-64(56(49(52)91)108-63-48(90)43(85)53(100-27(3)76)33(21-74)102-63)110-66(95)72-17-16-67(4,5)18-29(72)28-10-11-35-68(6)14-13-37(69(7,24-75)34(68)12-15-70(35,8)71(28,9)19-36(72)79)103-65-57(109-62-46(88)41(83)40(82)32(20-73)101-62)54(50(92)55(107-65)58(93)94)106-60-45(87)39(81)31(78)23-97-60/h10,24-26,29-57,59-65,73-74,77-92H,11-23H2,1-9H3,(H,93,94). The second-order valence-electron chi connectivity index (χ2n) is 34.2. The molecule has 0 bridgehead atoms. The van der Waals surface area contributed by atoms with Gasteiger partial charge >= 0.3 is 17.9 Å². The molecule has 0 aromatic rings. The maximum Gasteiger partial charge on any atom is 0.335 e. The van der Waals surface area contributed by atoms with Crippen LogP contribution in [0.2, 0.25) is 0 Å². The van der Waals surface area contributed by atoms with Gasteiger partial charge in [0.1, 0.15) is 140 Å². The van der Waals surface area contributed by atoms with E-state index in [4.69, 9.17) is 71.1 Å². The summed E-state index contributed by atoms with van der Waals surface area (Å²) in [5.41, 5.74) is -5.19. The quantitative estimate of drug-likeness (QED) is 0.0247. The molecule has 628 valence electrons. The lowest BCUT2D eigenvalue weighted by atomic mass is 9.33. The molecule has 19 N–H and O–H groups in total. The van der Waals surface area contributed by atoms with E-state index >= 15 is 4.79 Å². The maximum absolute atomic E-state index is 16.1. The van der Waals surface area contributed by atoms with E-state index in [9.17, 15) is 111 Å². The first-order valence-corrected chi connectivity index (χ1v) is 37.9. The molecular weight excluding hydrogens is 1470 g/mol. The van der Waals surface area contributed by atoms with Gasteiger partial charge in [0.05, 0.1) is 56.3 Å². The van der Waals surface area contributed by atoms with Crippen molar-refractivity contribution in [2.24, 2.45) is 50.2 Å². The number of esters is 2. The molecular formula is C72H112O38. The summed E-state index contributed by atoms with van der Waals surface area (Å²) in [6.07, 6.45) is -58.1. The molecule has 38 nitrogen and oxygen atoms in total. The summed E-state index contributed by atoms with van der Waals surface area (Å²) in [6, 6.07) is 0. The Kier molecular flexibility index (Phi) is 25.4. The van der Waals surface area contributed by atoms with Crippen LogP contribution in [0.3, 0.4) is 0 Å². The smallest absolute Gasteiger partial charge is 0.335 e. The molecule has 7 saturated heterocycles. The number of carboxylic acids is 1. The first-order chi connectivity index (χ1) is 51.6. The average Bonchev–Trinajstić information content (AvgIpc) is 0.669. The van der Waals surface area contributed by atoms with Crippen LogP contribution in [0.25, 0.3) is 0 Å². The molecule has 11 fully saturated rings. The topological polar surface area (TPSA) is 591 Å². The van der Waals surface area contributed by atoms with Crippen molar-refractivity contribution in [2.75, 3.05) is 26.4 Å². The molecule has 0 spiro atoms. The lowest BCUT2D eigenvalue weighted by Crippen LogP contribution is -2.69. The number of hydrogen-bond acceptors (Lipinski definition) is 37. The number of hydrogen-bond donors (Lipinski definition) is 19. The van der Waals surface area contributed by atoms with Crippen molar-refractivity contribution in [1.29, 1.82) is 0 Å². The second kappa shape index (κ2) is 32.5. The predicted molar refractivity (Wildman–Crippen MR) is 358 cm³/mol. The van der Waals surface area contributed by atoms with E-state index in [1.54, 1.807) is 6.92 Å². The molecule has 0 radical (unpaired) electrons. The van der Waals surface area contributed by atoms with E-state index in [-0.39, 0.29) is 25.2 Å². The summed E-state index contributed by atoms with van der Waals surface area (Å²) in [5.74, 6) is -5.19. The molecule has 0 aromatic heterocycles. The van der Waals surface area contributed by atoms with E-state index in [1.165, 1.54) is 13.8 Å². The van der Waals surface area contributed by atoms with Crippen LogP contribution < -0.4 is 0 Å². The molecule has 38 heteroatoms. The minimum Gasteiger partial charge on any atom is -0.479 e. The molecule has 110 heavy (non-hydrogen) atoms. The number of ether oxygens (including phenoxy) is 15. The first kappa shape index (κ1) is 85.9. The monoisotopic (exact) mass is 1580 g/mol. The van der Waals surface area contributed by atoms with Gasteiger partial charge in [0.15, 0.2) is 56.1 Å². The van der Waals surface area contributed by atoms with Gasteiger partial charge in [-0.25, -0.2) is 4.79 Å². The van der Waals surface area contributed by atoms with Crippen molar-refractivity contribution in [2.45, 2.75) is 335 Å². The van der Waals surface area contributed by atoms with E-state index in [0.29, 0.717) is 38.5 Å². The van der Waals surface area contributed by atoms with Crippen LogP contribution in [-0.4, -0.2) is 363 Å². The normalized spacial score (nSPS) is 53.7. The van der Waals surface area contributed by atoms with Crippen LogP contribution in [0.1, 0.15) is 120 Å². The number of carbonyl (C=O) groups is 4. The Labute approximate surface area is 632 Å². The van der Waals surface area contributed by atoms with Gasteiger partial charge in [-0.1, -0.05) is 53.2 Å². The third-order valence-corrected chi connectivity index (χ3v) is 27.1. The molecule has 0 aromatic carbocycles. The van der Waals surface area contributed by atoms with Crippen LogP contribution in [0, 0.1) is 50.2 Å². The van der Waals surface area contributed by atoms with E-state index in [1.807, 2.05) is 13.8 Å². The Bertz CT molecular complexity index is 3260. The van der Waals surface area contributed by atoms with Gasteiger partial charge in [-0.15, -0.1) is 0 Å². The zero-order valence-corrected chi connectivity index (χ0v) is 62.5. The number of carboxylic acid groups (broad SMARTS) is 1. The first-order valence-electron chi connectivity index (χ1n) is 37.9. The third kappa shape index (κ3) is 14.9. The zero-order chi connectivity index (χ0) is 80.5. The largest absolute Gasteiger partial charge is 0.479 e. The molecule has 0 amide bonds. The Morgan fingerprint density at radius 3 is 1.59 bits per heavy atom. The van der Waals surface area contributed by atoms with Crippen LogP contribution >= 0.6 is 0 Å². The lowest BCUT2D eigenvalue weighted by Gasteiger charge is -2.71. The highest BCUT2D eigenvalue weighted by Gasteiger charge is 2.73. The number of carbonyl (C=O) groups excluding carboxylic acids is 3. The number of fused-ring (bicyclic) bond motifs is 7. The summed E-state index contributed by atoms with van der Waals surface area (Å²) in [4.78, 5) is 55.6. The molecule has 5 aliphatic carbocycles. The predicted octanol–water partition coefficient (Wildman–Crippen LogP) is -6.42. The highest BCUT2D eigenvalue weighted by atomic mass is 16.8. The minimum atomic E-state index is -2.24. The lowest BCUT2D eigenvalue weighted by molar-refractivity contribution is -0.391. The number of rotatable bonds is 19. The Morgan fingerprint density at radius 2 is 1.01 bits per heavy atom. The van der Waals surface area contributed by atoms with Crippen molar-refractivity contribution in [3.05, 3.63) is 11.6 Å². The van der Waals surface area contributed by atoms with Gasteiger partial charge in [0, 0.05) is 6.92 Å². The van der Waals surface area contributed by atoms with Crippen LogP contribution in [0.5, 0.6) is 0 Å². The third-order valence-electron chi connectivity index (χ3n) is 27.1. The zero-order valence-electron chi connectivity index (χ0n) is 62.5. The summed E-state index contributed by atoms with van der Waals surface area (Å²) in [6.45, 7) is 13.0. The molecule has 7 heterocycles. The number of aliphatic carboxylic acids is 1. The van der Waals surface area contributed by atoms with E-state index in [0.717, 1.165) is 18.8 Å². The molecule has 4 saturated carbocycles. The number of aliphatic hydroxyl groups is 18. The fraction of sp³-hybridized carbons (Fsp3) is 0.917. The SMILES string of the molecule is CC(=O)OC1C(CO)OC(OC2C(OC(=O)C34CCC(C)(C)CC3C3=CCC5C6(C)CCC(OC7OC(C(=O)O)C(O)C(OC8OCC(O)C(O)C8O)C7OC7OC(CO)C(O)C(O)C7O)C(C)(C=O)C6CCC5(C)C3(C)CC4O)OC(C)C(OC3OC(C)C(OC4OCC(O)C(O)C4O)C(O)C3O)C2O)C(O)C1O. The van der Waals surface area contributed by atoms with Crippen molar-refractivity contribution < 1.29 is 187 Å². The molecule has 43 atom stereocenters. The van der Waals surface area contributed by atoms with Crippen LogP contribution in [-0.2, 0) is 90.2 Å². The Balaban J connectivity index is 0.822. The van der Waals surface area contributed by atoms with E-state index < -0.39 is 304 Å². The molecule has 12 aliphatic rings. The Morgan fingerprint density at radius 1 is 0.491 bits per heavy atom. The minimum absolute atomic E-state index is 0.0158. The molecule has 43 unspecified atom stereocenters. The Hall–Kier alpha value is -3.42. The van der Waals surface area contributed by atoms with Crippen molar-refractivity contribution >= 4 is 24.2 Å². The fourth-order valence-electron chi connectivity index (χ4n) is 20.6. The summed E-state index contributed by atoms with van der Waals surface area (Å²) in [5, 5.41) is 211. The van der Waals surface area contributed by atoms with Crippen LogP contribution in [0.15, 0.2) is 11.6 Å². The maximum atomic E-state index is 16.1. The van der Waals surface area contributed by atoms with Crippen LogP contribution in [0.4, 0.5) is 0 Å². The van der Waals surface area contributed by atoms with Gasteiger partial charge in [-0.3, -0.25) is 9.59 Å². The highest BCUT2D eigenvalue weighted by molar-refractivity contribution is 5.80. The van der Waals surface area contributed by atoms with Gasteiger partial charge in [0.2, 0.25) is 6.29 Å². The van der Waals surface area contributed by atoms with Crippen molar-refractivity contribution in [3.63, 3.8) is 0 Å². The number of aliphatic hydroxyl groups excluding tert-OH is 18. The molecule has 7 aliphatic heterocycles.